The fourth-order valence-corrected chi connectivity index (χ4v) is 17.9. The molecule has 15 N–H and O–H groups in total. The van der Waals surface area contributed by atoms with Gasteiger partial charge in [0, 0.05) is 0 Å². The number of ether oxygens (including phenoxy) is 9. The summed E-state index contributed by atoms with van der Waals surface area (Å²) in [6, 6.07) is 0. The molecule has 0 radical (unpaired) electrons. The molecule has 5 aliphatic heterocycles. The van der Waals surface area contributed by atoms with E-state index in [0.717, 1.165) is 24.8 Å². The molecule has 0 amide bonds. The lowest BCUT2D eigenvalue weighted by Gasteiger charge is -2.72. The number of carbonyl (C=O) groups excluding carboxylic acids is 1. The molecular formula is C58H94O25. The van der Waals surface area contributed by atoms with Gasteiger partial charge in [-0.3, -0.25) is 4.79 Å². The topological polar surface area (TPSA) is 404 Å². The van der Waals surface area contributed by atoms with Crippen LogP contribution in [0.3, 0.4) is 0 Å². The Morgan fingerprint density at radius 1 is 0.614 bits per heavy atom. The Kier molecular flexibility index (Phi) is 17.5. The lowest BCUT2D eigenvalue weighted by atomic mass is 9.33. The van der Waals surface area contributed by atoms with Gasteiger partial charge in [0.1, 0.15) is 103 Å². The maximum absolute atomic E-state index is 15.6. The Balaban J connectivity index is 0.877. The zero-order chi connectivity index (χ0) is 60.8. The highest BCUT2D eigenvalue weighted by molar-refractivity contribution is 5.80. The van der Waals surface area contributed by atoms with E-state index in [-0.39, 0.29) is 35.5 Å². The van der Waals surface area contributed by atoms with Crippen LogP contribution >= 0.6 is 0 Å². The van der Waals surface area contributed by atoms with Crippen molar-refractivity contribution < 1.29 is 124 Å². The van der Waals surface area contributed by atoms with Gasteiger partial charge in [0.05, 0.1) is 44.2 Å². The maximum atomic E-state index is 15.6. The second-order valence-electron chi connectivity index (χ2n) is 28.5. The molecule has 0 aromatic heterocycles. The first kappa shape index (κ1) is 64.3. The SMILES string of the molecule is C[C@@H]1O[C@@H](O[C@@H]2[C@@H](O)[C@H](O[C@@H]3[C@@H](O)[C@@H](O)[C@H]([C@]4(O)[C@@H](OC(=O)[C@]56CCC(C)(C)C[C@H]5C5=CC[C@@H]7[C@@]8(C)CC[C@H](O[C@@H]9O[C@H](CO)[C@@H](O)[C@H](O)[C@H]9O)C(C)(C)[C@@H]8CC[C@@]7(C)[C@]5(C)C[C@H]6O)OC[C@@H](O)[C@@H]4O)O[C@H]3C)OC[C@H]2O)[C@H](O)[C@H](O)[C@H]1O. The van der Waals surface area contributed by atoms with Crippen LogP contribution < -0.4 is 0 Å². The van der Waals surface area contributed by atoms with Gasteiger partial charge in [-0.15, -0.1) is 0 Å². The molecular weight excluding hydrogens is 1100 g/mol. The van der Waals surface area contributed by atoms with Gasteiger partial charge in [0.15, 0.2) is 24.5 Å². The Labute approximate surface area is 483 Å². The summed E-state index contributed by atoms with van der Waals surface area (Å²) >= 11 is 0. The molecule has 10 rings (SSSR count). The van der Waals surface area contributed by atoms with Gasteiger partial charge in [-0.1, -0.05) is 60.1 Å². The van der Waals surface area contributed by atoms with Crippen molar-refractivity contribution >= 4 is 5.97 Å². The van der Waals surface area contributed by atoms with Gasteiger partial charge < -0.3 is 119 Å². The number of hydrogen-bond donors (Lipinski definition) is 15. The van der Waals surface area contributed by atoms with Crippen LogP contribution in [0.4, 0.5) is 0 Å². The second-order valence-corrected chi connectivity index (χ2v) is 28.5. The monoisotopic (exact) mass is 1190 g/mol. The van der Waals surface area contributed by atoms with Crippen molar-refractivity contribution in [3.05, 3.63) is 11.6 Å². The van der Waals surface area contributed by atoms with Gasteiger partial charge in [-0.25, -0.2) is 0 Å². The minimum Gasteiger partial charge on any atom is -0.432 e. The van der Waals surface area contributed by atoms with Gasteiger partial charge in [-0.2, -0.15) is 0 Å². The zero-order valence-electron chi connectivity index (χ0n) is 48.9. The van der Waals surface area contributed by atoms with Crippen molar-refractivity contribution in [1.82, 2.24) is 0 Å². The van der Waals surface area contributed by atoms with E-state index in [0.29, 0.717) is 25.7 Å². The second kappa shape index (κ2) is 22.6. The third-order valence-corrected chi connectivity index (χ3v) is 23.1. The molecule has 0 spiro atoms. The molecule has 25 heteroatoms. The fraction of sp³-hybridized carbons (Fsp3) is 0.948. The number of rotatable bonds is 10. The van der Waals surface area contributed by atoms with Crippen molar-refractivity contribution in [2.45, 2.75) is 273 Å². The van der Waals surface area contributed by atoms with E-state index in [2.05, 4.69) is 54.5 Å². The zero-order valence-corrected chi connectivity index (χ0v) is 48.9. The van der Waals surface area contributed by atoms with Crippen LogP contribution in [-0.4, -0.2) is 255 Å². The first-order valence-electron chi connectivity index (χ1n) is 29.9. The predicted molar refractivity (Wildman–Crippen MR) is 282 cm³/mol. The summed E-state index contributed by atoms with van der Waals surface area (Å²) in [5.41, 5.74) is -5.64. The minimum absolute atomic E-state index is 0.105. The Hall–Kier alpha value is -1.71. The minimum atomic E-state index is -2.99. The third kappa shape index (κ3) is 10.0. The van der Waals surface area contributed by atoms with Crippen molar-refractivity contribution in [2.75, 3.05) is 19.8 Å². The quantitative estimate of drug-likeness (QED) is 0.0610. The van der Waals surface area contributed by atoms with E-state index in [1.807, 2.05) is 0 Å². The van der Waals surface area contributed by atoms with E-state index < -0.39 is 206 Å². The lowest BCUT2D eigenvalue weighted by Crippen LogP contribution is -2.76. The average Bonchev–Trinajstić information content (AvgIpc) is 2.38. The van der Waals surface area contributed by atoms with Crippen LogP contribution in [0, 0.1) is 50.2 Å². The normalized spacial score (nSPS) is 56.0. The highest BCUT2D eigenvalue weighted by Gasteiger charge is 2.73. The van der Waals surface area contributed by atoms with Crippen LogP contribution in [0.5, 0.6) is 0 Å². The van der Waals surface area contributed by atoms with E-state index in [4.69, 9.17) is 42.6 Å². The van der Waals surface area contributed by atoms with Crippen LogP contribution in [0.25, 0.3) is 0 Å². The molecule has 32 atom stereocenters. The van der Waals surface area contributed by atoms with E-state index in [1.165, 1.54) is 13.8 Å². The molecule has 5 saturated heterocycles. The summed E-state index contributed by atoms with van der Waals surface area (Å²) < 4.78 is 53.4. The summed E-state index contributed by atoms with van der Waals surface area (Å²) in [4.78, 5) is 15.6. The van der Waals surface area contributed by atoms with Crippen molar-refractivity contribution in [3.8, 4) is 0 Å². The molecule has 0 aromatic carbocycles. The molecule has 9 fully saturated rings. The van der Waals surface area contributed by atoms with Crippen molar-refractivity contribution in [1.29, 1.82) is 0 Å². The number of hydrogen-bond acceptors (Lipinski definition) is 25. The van der Waals surface area contributed by atoms with Crippen LogP contribution in [0.2, 0.25) is 0 Å². The Bertz CT molecular complexity index is 2360. The molecule has 0 bridgehead atoms. The van der Waals surface area contributed by atoms with Crippen LogP contribution in [0.15, 0.2) is 11.6 Å². The van der Waals surface area contributed by atoms with Crippen LogP contribution in [0.1, 0.15) is 120 Å². The highest BCUT2D eigenvalue weighted by atomic mass is 16.8. The summed E-state index contributed by atoms with van der Waals surface area (Å²) in [7, 11) is 0. The number of esters is 1. The van der Waals surface area contributed by atoms with Gasteiger partial charge in [-0.05, 0) is 116 Å². The standard InChI is InChI=1S/C58H94O25/c1-23-34(63)36(65)40(69)48(78-23)82-44-27(60)21-75-47(42(44)71)81-43-24(2)77-46(39(68)38(43)67)58(74)45(72)28(61)22-76-51(58)83-50(73)57-17-16-52(3,4)18-26(57)25-10-11-31-54(7)14-13-33(80-49-41(70)37(66)35(64)29(20-59)79-49)53(5,6)30(54)12-15-55(31,8)56(25,9)19-32(57)62/h10,23-24,26-49,51,59-72,74H,11-22H2,1-9H3/t23-,24-,26-,27+,28+,29+,30-,31+,32+,33-,34-,35+,36+,37-,38-,39+,40+,41+,42+,43-,44-,45-,46+,47-,48-,49-,51+,54-,55+,56+,57+,58-/m0/s1. The fourth-order valence-electron chi connectivity index (χ4n) is 17.9. The largest absolute Gasteiger partial charge is 0.432 e. The molecule has 5 aliphatic carbocycles. The van der Waals surface area contributed by atoms with Gasteiger partial charge in [0.25, 0.3) is 0 Å². The Morgan fingerprint density at radius 2 is 1.25 bits per heavy atom. The van der Waals surface area contributed by atoms with Crippen molar-refractivity contribution in [3.63, 3.8) is 0 Å². The molecule has 476 valence electrons. The number of aliphatic hydroxyl groups is 15. The van der Waals surface area contributed by atoms with E-state index in [9.17, 15) is 76.6 Å². The highest BCUT2D eigenvalue weighted by Crippen LogP contribution is 2.76. The molecule has 4 saturated carbocycles. The first-order chi connectivity index (χ1) is 38.7. The maximum Gasteiger partial charge on any atom is 0.317 e. The summed E-state index contributed by atoms with van der Waals surface area (Å²) in [6.07, 6.45) is -31.3. The summed E-state index contributed by atoms with van der Waals surface area (Å²) in [5.74, 6) is -1.29. The molecule has 25 nitrogen and oxygen atoms in total. The summed E-state index contributed by atoms with van der Waals surface area (Å²) in [6.45, 7) is 16.4. The number of aliphatic hydroxyl groups excluding tert-OH is 14. The predicted octanol–water partition coefficient (Wildman–Crippen LogP) is -2.52. The smallest absolute Gasteiger partial charge is 0.317 e. The molecule has 5 heterocycles. The first-order valence-corrected chi connectivity index (χ1v) is 29.9. The van der Waals surface area contributed by atoms with Gasteiger partial charge >= 0.3 is 5.97 Å². The number of allylic oxidation sites excluding steroid dienone is 2. The average molecular weight is 1190 g/mol. The van der Waals surface area contributed by atoms with Crippen LogP contribution in [-0.2, 0) is 47.4 Å². The third-order valence-electron chi connectivity index (χ3n) is 23.1. The van der Waals surface area contributed by atoms with E-state index >= 15 is 4.79 Å². The van der Waals surface area contributed by atoms with Gasteiger partial charge in [0.2, 0.25) is 6.29 Å². The number of fused-ring (bicyclic) bond motifs is 7. The Morgan fingerprint density at radius 3 is 1.93 bits per heavy atom. The molecule has 0 unspecified atom stereocenters. The molecule has 83 heavy (non-hydrogen) atoms. The summed E-state index contributed by atoms with van der Waals surface area (Å²) in [5, 5.41) is 167. The molecule has 0 aromatic rings. The van der Waals surface area contributed by atoms with Crippen molar-refractivity contribution in [2.24, 2.45) is 50.2 Å². The van der Waals surface area contributed by atoms with E-state index in [1.54, 1.807) is 0 Å². The molecule has 10 aliphatic rings. The number of carbonyl (C=O) groups is 1. The lowest BCUT2D eigenvalue weighted by molar-refractivity contribution is -0.380.